The van der Waals surface area contributed by atoms with Crippen LogP contribution in [-0.4, -0.2) is 41.4 Å². The van der Waals surface area contributed by atoms with Crippen molar-refractivity contribution in [1.82, 2.24) is 15.3 Å². The van der Waals surface area contributed by atoms with Gasteiger partial charge in [-0.3, -0.25) is 9.59 Å². The predicted octanol–water partition coefficient (Wildman–Crippen LogP) is 2.96. The lowest BCUT2D eigenvalue weighted by Gasteiger charge is -2.12. The number of nitrogens with zero attached hydrogens (tertiary/aromatic N) is 1. The Balaban J connectivity index is 1.74. The monoisotopic (exact) mass is 395 g/mol. The van der Waals surface area contributed by atoms with E-state index >= 15 is 0 Å². The summed E-state index contributed by atoms with van der Waals surface area (Å²) in [5, 5.41) is 7.81. The Bertz CT molecular complexity index is 918. The lowest BCUT2D eigenvalue weighted by atomic mass is 10.2. The Hall–Kier alpha value is -1.68. The van der Waals surface area contributed by atoms with E-state index in [-0.39, 0.29) is 23.3 Å². The number of aromatic nitrogens is 2. The van der Waals surface area contributed by atoms with E-state index in [0.29, 0.717) is 22.0 Å². The summed E-state index contributed by atoms with van der Waals surface area (Å²) in [5.41, 5.74) is 0.733. The minimum Gasteiger partial charge on any atom is -0.383 e. The van der Waals surface area contributed by atoms with Crippen molar-refractivity contribution < 1.29 is 9.53 Å². The number of H-pyrrole nitrogens is 1. The highest BCUT2D eigenvalue weighted by Crippen LogP contribution is 2.33. The summed E-state index contributed by atoms with van der Waals surface area (Å²) in [6.07, 6.45) is 0. The van der Waals surface area contributed by atoms with Crippen LogP contribution in [0.25, 0.3) is 20.7 Å². The summed E-state index contributed by atoms with van der Waals surface area (Å²) >= 11 is 4.24. The van der Waals surface area contributed by atoms with Gasteiger partial charge < -0.3 is 15.0 Å². The maximum Gasteiger partial charge on any atom is 0.260 e. The van der Waals surface area contributed by atoms with Crippen molar-refractivity contribution >= 4 is 50.6 Å². The van der Waals surface area contributed by atoms with E-state index < -0.39 is 0 Å². The molecule has 0 fully saturated rings. The molecular weight excluding hydrogens is 378 g/mol. The highest BCUT2D eigenvalue weighted by molar-refractivity contribution is 7.99. The molecule has 3 aromatic heterocycles. The zero-order valence-electron chi connectivity index (χ0n) is 13.7. The molecule has 0 spiro atoms. The van der Waals surface area contributed by atoms with Crippen LogP contribution in [0.1, 0.15) is 6.92 Å². The Kier molecular flexibility index (Phi) is 5.89. The number of rotatable bonds is 7. The van der Waals surface area contributed by atoms with Gasteiger partial charge in [-0.15, -0.1) is 22.7 Å². The van der Waals surface area contributed by atoms with Crippen LogP contribution in [0, 0.1) is 0 Å². The van der Waals surface area contributed by atoms with E-state index in [4.69, 9.17) is 4.74 Å². The molecule has 0 aliphatic heterocycles. The van der Waals surface area contributed by atoms with E-state index in [1.54, 1.807) is 18.4 Å². The fourth-order valence-corrected chi connectivity index (χ4v) is 4.84. The first-order valence-corrected chi connectivity index (χ1v) is 10.3. The topological polar surface area (TPSA) is 84.1 Å². The van der Waals surface area contributed by atoms with E-state index in [0.717, 1.165) is 10.4 Å². The molecule has 2 N–H and O–H groups in total. The average Bonchev–Trinajstić information content (AvgIpc) is 3.22. The summed E-state index contributed by atoms with van der Waals surface area (Å²) in [7, 11) is 1.59. The maximum atomic E-state index is 12.5. The first-order valence-electron chi connectivity index (χ1n) is 7.55. The number of carbonyl (C=O) groups is 1. The van der Waals surface area contributed by atoms with Gasteiger partial charge in [-0.1, -0.05) is 17.8 Å². The molecule has 25 heavy (non-hydrogen) atoms. The van der Waals surface area contributed by atoms with Crippen LogP contribution in [0.2, 0.25) is 0 Å². The van der Waals surface area contributed by atoms with Gasteiger partial charge in [0.05, 0.1) is 17.7 Å². The minimum absolute atomic E-state index is 0.0572. The van der Waals surface area contributed by atoms with Crippen molar-refractivity contribution in [3.8, 4) is 10.4 Å². The van der Waals surface area contributed by atoms with Crippen LogP contribution < -0.4 is 10.9 Å². The minimum atomic E-state index is -0.176. The Labute approximate surface area is 156 Å². The largest absolute Gasteiger partial charge is 0.383 e. The summed E-state index contributed by atoms with van der Waals surface area (Å²) in [4.78, 5) is 33.4. The number of carbonyl (C=O) groups excluding carboxylic acids is 1. The molecule has 0 bridgehead atoms. The number of fused-ring (bicyclic) bond motifs is 1. The van der Waals surface area contributed by atoms with Crippen molar-refractivity contribution in [1.29, 1.82) is 0 Å². The molecule has 0 radical (unpaired) electrons. The molecule has 1 amide bonds. The number of hydrogen-bond acceptors (Lipinski definition) is 7. The van der Waals surface area contributed by atoms with Gasteiger partial charge in [0.25, 0.3) is 5.56 Å². The third kappa shape index (κ3) is 4.30. The van der Waals surface area contributed by atoms with Gasteiger partial charge in [0.1, 0.15) is 4.83 Å². The normalized spacial score (nSPS) is 12.4. The fourth-order valence-electron chi connectivity index (χ4n) is 2.35. The van der Waals surface area contributed by atoms with Crippen molar-refractivity contribution in [2.75, 3.05) is 19.5 Å². The summed E-state index contributed by atoms with van der Waals surface area (Å²) < 4.78 is 4.98. The second-order valence-electron chi connectivity index (χ2n) is 5.39. The summed E-state index contributed by atoms with van der Waals surface area (Å²) in [5.74, 6) is 0.0637. The molecule has 0 aliphatic carbocycles. The third-order valence-electron chi connectivity index (χ3n) is 3.37. The van der Waals surface area contributed by atoms with Gasteiger partial charge in [0.15, 0.2) is 5.16 Å². The lowest BCUT2D eigenvalue weighted by molar-refractivity contribution is -0.119. The molecule has 0 saturated carbocycles. The van der Waals surface area contributed by atoms with Gasteiger partial charge in [0, 0.05) is 29.0 Å². The summed E-state index contributed by atoms with van der Waals surface area (Å²) in [6.45, 7) is 2.33. The van der Waals surface area contributed by atoms with Crippen LogP contribution in [0.4, 0.5) is 0 Å². The van der Waals surface area contributed by atoms with Crippen LogP contribution in [0.3, 0.4) is 0 Å². The molecule has 1 atom stereocenters. The second kappa shape index (κ2) is 8.13. The standard InChI is InChI=1S/C16H17N3O3S3/c1-9(6-22-2)17-12(20)8-25-16-18-14(21)13-10(7-24-15(13)19-16)11-4-3-5-23-11/h3-5,7,9H,6,8H2,1-2H3,(H,17,20)(H,18,19,21)/t9-/m0/s1. The molecular formula is C16H17N3O3S3. The average molecular weight is 396 g/mol. The number of nitrogens with one attached hydrogen (secondary N) is 2. The number of methoxy groups -OCH3 is 1. The number of amides is 1. The number of aromatic amines is 1. The molecule has 0 aliphatic rings. The fraction of sp³-hybridized carbons (Fsp3) is 0.312. The first-order chi connectivity index (χ1) is 12.1. The van der Waals surface area contributed by atoms with Crippen LogP contribution in [-0.2, 0) is 9.53 Å². The van der Waals surface area contributed by atoms with Crippen LogP contribution >= 0.6 is 34.4 Å². The van der Waals surface area contributed by atoms with Crippen molar-refractivity contribution in [2.24, 2.45) is 0 Å². The number of thiophene rings is 2. The number of hydrogen-bond donors (Lipinski definition) is 2. The van der Waals surface area contributed by atoms with E-state index in [2.05, 4.69) is 15.3 Å². The molecule has 0 saturated heterocycles. The molecule has 3 aromatic rings. The third-order valence-corrected chi connectivity index (χ3v) is 6.02. The molecule has 9 heteroatoms. The molecule has 3 heterocycles. The quantitative estimate of drug-likeness (QED) is 0.475. The number of thioether (sulfide) groups is 1. The van der Waals surface area contributed by atoms with Gasteiger partial charge in [-0.25, -0.2) is 4.98 Å². The Morgan fingerprint density at radius 2 is 2.32 bits per heavy atom. The van der Waals surface area contributed by atoms with Crippen molar-refractivity contribution in [3.63, 3.8) is 0 Å². The lowest BCUT2D eigenvalue weighted by Crippen LogP contribution is -2.36. The molecule has 0 unspecified atom stereocenters. The molecule has 0 aromatic carbocycles. The van der Waals surface area contributed by atoms with Gasteiger partial charge >= 0.3 is 0 Å². The van der Waals surface area contributed by atoms with Crippen LogP contribution in [0.5, 0.6) is 0 Å². The highest BCUT2D eigenvalue weighted by Gasteiger charge is 2.15. The van der Waals surface area contributed by atoms with E-state index in [1.165, 1.54) is 23.1 Å². The zero-order valence-corrected chi connectivity index (χ0v) is 16.1. The molecule has 3 rings (SSSR count). The molecule has 6 nitrogen and oxygen atoms in total. The van der Waals surface area contributed by atoms with Crippen molar-refractivity contribution in [3.05, 3.63) is 33.2 Å². The predicted molar refractivity (Wildman–Crippen MR) is 104 cm³/mol. The highest BCUT2D eigenvalue weighted by atomic mass is 32.2. The maximum absolute atomic E-state index is 12.5. The van der Waals surface area contributed by atoms with Crippen molar-refractivity contribution in [2.45, 2.75) is 18.1 Å². The number of ether oxygens (including phenoxy) is 1. The molecule has 132 valence electrons. The Morgan fingerprint density at radius 3 is 3.04 bits per heavy atom. The van der Waals surface area contributed by atoms with E-state index in [1.807, 2.05) is 29.8 Å². The first kappa shape index (κ1) is 18.1. The van der Waals surface area contributed by atoms with Gasteiger partial charge in [-0.2, -0.15) is 0 Å². The van der Waals surface area contributed by atoms with E-state index in [9.17, 15) is 9.59 Å². The van der Waals surface area contributed by atoms with Gasteiger partial charge in [-0.05, 0) is 18.4 Å². The SMILES string of the molecule is COC[C@H](C)NC(=O)CSc1nc2scc(-c3cccs3)c2c(=O)[nH]1. The Morgan fingerprint density at radius 1 is 1.48 bits per heavy atom. The van der Waals surface area contributed by atoms with Gasteiger partial charge in [0.2, 0.25) is 5.91 Å². The van der Waals surface area contributed by atoms with Crippen LogP contribution in [0.15, 0.2) is 32.8 Å². The summed E-state index contributed by atoms with van der Waals surface area (Å²) in [6, 6.07) is 3.89. The zero-order chi connectivity index (χ0) is 17.8. The second-order valence-corrected chi connectivity index (χ2v) is 8.16. The smallest absolute Gasteiger partial charge is 0.260 e.